The van der Waals surface area contributed by atoms with Crippen molar-refractivity contribution in [1.29, 1.82) is 0 Å². The van der Waals surface area contributed by atoms with Gasteiger partial charge in [-0.2, -0.15) is 0 Å². The third-order valence-corrected chi connectivity index (χ3v) is 3.77. The van der Waals surface area contributed by atoms with Gasteiger partial charge in [0.2, 0.25) is 0 Å². The summed E-state index contributed by atoms with van der Waals surface area (Å²) < 4.78 is 3.92. The molecule has 0 aromatic carbocycles. The molecule has 0 radical (unpaired) electrons. The molecular formula is C12H20BrN3OS. The van der Waals surface area contributed by atoms with Crippen LogP contribution in [-0.4, -0.2) is 38.8 Å². The summed E-state index contributed by atoms with van der Waals surface area (Å²) in [5.74, 6) is 0.0846. The van der Waals surface area contributed by atoms with Gasteiger partial charge in [0, 0.05) is 18.4 Å². The highest BCUT2D eigenvalue weighted by molar-refractivity contribution is 9.09. The van der Waals surface area contributed by atoms with E-state index in [1.165, 1.54) is 11.5 Å². The zero-order valence-electron chi connectivity index (χ0n) is 11.0. The number of unbranched alkanes of at least 4 members (excludes halogenated alkanes) is 1. The quantitative estimate of drug-likeness (QED) is 0.686. The average molecular weight is 334 g/mol. The highest BCUT2D eigenvalue weighted by Gasteiger charge is 2.21. The molecule has 0 aliphatic heterocycles. The van der Waals surface area contributed by atoms with Gasteiger partial charge in [0.25, 0.3) is 5.91 Å². The Morgan fingerprint density at radius 1 is 1.33 bits per heavy atom. The van der Waals surface area contributed by atoms with Gasteiger partial charge in [-0.05, 0) is 24.4 Å². The highest BCUT2D eigenvalue weighted by Crippen LogP contribution is 2.16. The molecule has 1 rings (SSSR count). The van der Waals surface area contributed by atoms with Crippen LogP contribution >= 0.6 is 27.5 Å². The number of aryl methyl sites for hydroxylation is 1. The van der Waals surface area contributed by atoms with E-state index in [2.05, 4.69) is 39.4 Å². The van der Waals surface area contributed by atoms with Gasteiger partial charge in [-0.15, -0.1) is 5.10 Å². The van der Waals surface area contributed by atoms with Gasteiger partial charge < -0.3 is 4.90 Å². The van der Waals surface area contributed by atoms with Gasteiger partial charge in [0.15, 0.2) is 0 Å². The van der Waals surface area contributed by atoms with Crippen molar-refractivity contribution in [3.05, 3.63) is 10.6 Å². The molecule has 0 aliphatic rings. The number of aromatic nitrogens is 2. The fourth-order valence-electron chi connectivity index (χ4n) is 1.68. The molecule has 0 spiro atoms. The van der Waals surface area contributed by atoms with E-state index in [-0.39, 0.29) is 5.91 Å². The number of halogens is 1. The maximum atomic E-state index is 12.4. The van der Waals surface area contributed by atoms with E-state index < -0.39 is 0 Å². The van der Waals surface area contributed by atoms with Gasteiger partial charge in [0.05, 0.1) is 5.69 Å². The molecule has 1 aromatic rings. The molecule has 0 aliphatic carbocycles. The van der Waals surface area contributed by atoms with E-state index in [0.29, 0.717) is 4.88 Å². The molecular weight excluding hydrogens is 314 g/mol. The summed E-state index contributed by atoms with van der Waals surface area (Å²) in [6, 6.07) is 0. The second kappa shape index (κ2) is 8.58. The minimum absolute atomic E-state index is 0.0846. The van der Waals surface area contributed by atoms with E-state index in [0.717, 1.165) is 49.8 Å². The summed E-state index contributed by atoms with van der Waals surface area (Å²) in [6.45, 7) is 5.77. The number of hydrogen-bond acceptors (Lipinski definition) is 4. The van der Waals surface area contributed by atoms with Crippen LogP contribution in [0.4, 0.5) is 0 Å². The summed E-state index contributed by atoms with van der Waals surface area (Å²) >= 11 is 4.62. The van der Waals surface area contributed by atoms with Crippen LogP contribution in [0.1, 0.15) is 48.5 Å². The van der Waals surface area contributed by atoms with Crippen LogP contribution in [0.25, 0.3) is 0 Å². The van der Waals surface area contributed by atoms with Crippen LogP contribution in [0, 0.1) is 0 Å². The molecule has 0 atom stereocenters. The molecule has 0 saturated carbocycles. The van der Waals surface area contributed by atoms with Crippen molar-refractivity contribution >= 4 is 33.4 Å². The van der Waals surface area contributed by atoms with Crippen molar-refractivity contribution in [3.63, 3.8) is 0 Å². The normalized spacial score (nSPS) is 10.6. The van der Waals surface area contributed by atoms with Crippen molar-refractivity contribution in [3.8, 4) is 0 Å². The van der Waals surface area contributed by atoms with E-state index in [4.69, 9.17) is 0 Å². The predicted molar refractivity (Wildman–Crippen MR) is 78.5 cm³/mol. The number of nitrogens with zero attached hydrogens (tertiary/aromatic N) is 3. The molecule has 1 amide bonds. The smallest absolute Gasteiger partial charge is 0.267 e. The van der Waals surface area contributed by atoms with Gasteiger partial charge in [0.1, 0.15) is 4.88 Å². The van der Waals surface area contributed by atoms with Gasteiger partial charge >= 0.3 is 0 Å². The average Bonchev–Trinajstić information content (AvgIpc) is 2.82. The second-order valence-electron chi connectivity index (χ2n) is 4.13. The van der Waals surface area contributed by atoms with Crippen LogP contribution in [0.2, 0.25) is 0 Å². The molecule has 0 unspecified atom stereocenters. The lowest BCUT2D eigenvalue weighted by atomic mass is 10.2. The van der Waals surface area contributed by atoms with Crippen LogP contribution in [0.3, 0.4) is 0 Å². The molecule has 0 fully saturated rings. The van der Waals surface area contributed by atoms with Crippen molar-refractivity contribution in [2.45, 2.75) is 39.5 Å². The number of rotatable bonds is 8. The Hall–Kier alpha value is -0.490. The Balaban J connectivity index is 2.77. The van der Waals surface area contributed by atoms with Crippen LogP contribution in [-0.2, 0) is 6.42 Å². The molecule has 0 bridgehead atoms. The molecule has 1 heterocycles. The Morgan fingerprint density at radius 2 is 2.11 bits per heavy atom. The molecule has 0 N–H and O–H groups in total. The standard InChI is InChI=1S/C12H20BrN3OS/c1-3-5-8-16(9-7-13)12(17)11-10(6-4-2)14-15-18-11/h3-9H2,1-2H3. The Labute approximate surface area is 121 Å². The van der Waals surface area contributed by atoms with Crippen molar-refractivity contribution < 1.29 is 4.79 Å². The maximum Gasteiger partial charge on any atom is 0.267 e. The summed E-state index contributed by atoms with van der Waals surface area (Å²) in [4.78, 5) is 15.0. The maximum absolute atomic E-state index is 12.4. The van der Waals surface area contributed by atoms with Crippen LogP contribution < -0.4 is 0 Å². The first kappa shape index (κ1) is 15.6. The van der Waals surface area contributed by atoms with Crippen molar-refractivity contribution in [1.82, 2.24) is 14.5 Å². The molecule has 0 saturated heterocycles. The summed E-state index contributed by atoms with van der Waals surface area (Å²) in [5.41, 5.74) is 0.851. The minimum atomic E-state index is 0.0846. The lowest BCUT2D eigenvalue weighted by molar-refractivity contribution is 0.0768. The van der Waals surface area contributed by atoms with Gasteiger partial charge in [-0.1, -0.05) is 47.1 Å². The van der Waals surface area contributed by atoms with E-state index in [9.17, 15) is 4.79 Å². The first-order valence-electron chi connectivity index (χ1n) is 6.41. The Bertz CT molecular complexity index is 370. The fraction of sp³-hybridized carbons (Fsp3) is 0.750. The van der Waals surface area contributed by atoms with Gasteiger partial charge in [-0.3, -0.25) is 4.79 Å². The summed E-state index contributed by atoms with van der Waals surface area (Å²) in [7, 11) is 0. The molecule has 102 valence electrons. The largest absolute Gasteiger partial charge is 0.337 e. The van der Waals surface area contributed by atoms with E-state index >= 15 is 0 Å². The molecule has 6 heteroatoms. The fourth-order valence-corrected chi connectivity index (χ4v) is 2.79. The summed E-state index contributed by atoms with van der Waals surface area (Å²) in [5, 5.41) is 4.86. The van der Waals surface area contributed by atoms with Crippen LogP contribution in [0.15, 0.2) is 0 Å². The minimum Gasteiger partial charge on any atom is -0.337 e. The second-order valence-corrected chi connectivity index (χ2v) is 5.68. The third kappa shape index (κ3) is 4.31. The number of alkyl halides is 1. The highest BCUT2D eigenvalue weighted by atomic mass is 79.9. The zero-order valence-corrected chi connectivity index (χ0v) is 13.4. The number of hydrogen-bond donors (Lipinski definition) is 0. The van der Waals surface area contributed by atoms with E-state index in [1.54, 1.807) is 0 Å². The molecule has 4 nitrogen and oxygen atoms in total. The Morgan fingerprint density at radius 3 is 2.72 bits per heavy atom. The topological polar surface area (TPSA) is 46.1 Å². The van der Waals surface area contributed by atoms with Crippen molar-refractivity contribution in [2.24, 2.45) is 0 Å². The Kier molecular flexibility index (Phi) is 7.42. The summed E-state index contributed by atoms with van der Waals surface area (Å²) in [6.07, 6.45) is 3.94. The first-order chi connectivity index (χ1) is 8.74. The lowest BCUT2D eigenvalue weighted by Gasteiger charge is -2.20. The van der Waals surface area contributed by atoms with Gasteiger partial charge in [-0.25, -0.2) is 0 Å². The van der Waals surface area contributed by atoms with E-state index in [1.807, 2.05) is 4.90 Å². The SMILES string of the molecule is CCCCN(CCBr)C(=O)c1snnc1CCC. The lowest BCUT2D eigenvalue weighted by Crippen LogP contribution is -2.33. The zero-order chi connectivity index (χ0) is 13.4. The monoisotopic (exact) mass is 333 g/mol. The number of amides is 1. The first-order valence-corrected chi connectivity index (χ1v) is 8.30. The number of carbonyl (C=O) groups is 1. The predicted octanol–water partition coefficient (Wildman–Crippen LogP) is 3.13. The van der Waals surface area contributed by atoms with Crippen LogP contribution in [0.5, 0.6) is 0 Å². The molecule has 18 heavy (non-hydrogen) atoms. The van der Waals surface area contributed by atoms with Crippen molar-refractivity contribution in [2.75, 3.05) is 18.4 Å². The molecule has 1 aromatic heterocycles. The third-order valence-electron chi connectivity index (χ3n) is 2.66. The number of carbonyl (C=O) groups excluding carboxylic acids is 1.